The number of carbonyl (C=O) groups is 1. The molecule has 5 heteroatoms. The zero-order valence-electron chi connectivity index (χ0n) is 12.7. The predicted octanol–water partition coefficient (Wildman–Crippen LogP) is 2.77. The quantitative estimate of drug-likeness (QED) is 0.892. The third-order valence-corrected chi connectivity index (χ3v) is 3.48. The maximum atomic E-state index is 13.0. The molecule has 1 aromatic heterocycles. The van der Waals surface area contributed by atoms with Crippen LogP contribution in [0.25, 0.3) is 0 Å². The number of nitrogens with zero attached hydrogens (tertiary/aromatic N) is 1. The average molecular weight is 301 g/mol. The SMILES string of the molecule is CC(C)c1ccc(C(N)CNC(=O)c2cncc(F)c2)cc1. The number of pyridine rings is 1. The molecule has 1 amide bonds. The molecule has 0 saturated heterocycles. The van der Waals surface area contributed by atoms with Crippen molar-refractivity contribution < 1.29 is 9.18 Å². The monoisotopic (exact) mass is 301 g/mol. The van der Waals surface area contributed by atoms with E-state index in [1.807, 2.05) is 24.3 Å². The van der Waals surface area contributed by atoms with E-state index in [0.29, 0.717) is 5.92 Å². The van der Waals surface area contributed by atoms with Crippen molar-refractivity contribution in [2.24, 2.45) is 5.73 Å². The van der Waals surface area contributed by atoms with Gasteiger partial charge >= 0.3 is 0 Å². The van der Waals surface area contributed by atoms with Gasteiger partial charge in [0, 0.05) is 18.8 Å². The van der Waals surface area contributed by atoms with E-state index in [-0.39, 0.29) is 24.1 Å². The van der Waals surface area contributed by atoms with Crippen molar-refractivity contribution in [3.05, 3.63) is 65.2 Å². The average Bonchev–Trinajstić information content (AvgIpc) is 2.52. The molecule has 1 heterocycles. The molecule has 1 unspecified atom stereocenters. The van der Waals surface area contributed by atoms with E-state index in [1.165, 1.54) is 11.8 Å². The Labute approximate surface area is 129 Å². The van der Waals surface area contributed by atoms with E-state index in [1.54, 1.807) is 0 Å². The summed E-state index contributed by atoms with van der Waals surface area (Å²) in [5.41, 5.74) is 8.44. The van der Waals surface area contributed by atoms with Crippen LogP contribution in [0.3, 0.4) is 0 Å². The van der Waals surface area contributed by atoms with Gasteiger partial charge in [0.15, 0.2) is 0 Å². The number of benzene rings is 1. The highest BCUT2D eigenvalue weighted by molar-refractivity contribution is 5.93. The second kappa shape index (κ2) is 7.13. The van der Waals surface area contributed by atoms with Gasteiger partial charge in [-0.05, 0) is 23.1 Å². The molecule has 0 spiro atoms. The maximum absolute atomic E-state index is 13.0. The molecule has 0 saturated carbocycles. The van der Waals surface area contributed by atoms with Gasteiger partial charge in [-0.2, -0.15) is 0 Å². The van der Waals surface area contributed by atoms with E-state index in [9.17, 15) is 9.18 Å². The van der Waals surface area contributed by atoms with Crippen LogP contribution >= 0.6 is 0 Å². The van der Waals surface area contributed by atoms with Gasteiger partial charge in [0.25, 0.3) is 5.91 Å². The number of hydrogen-bond donors (Lipinski definition) is 2. The molecule has 3 N–H and O–H groups in total. The lowest BCUT2D eigenvalue weighted by Gasteiger charge is -2.14. The summed E-state index contributed by atoms with van der Waals surface area (Å²) in [5.74, 6) is -0.465. The lowest BCUT2D eigenvalue weighted by molar-refractivity contribution is 0.0950. The number of nitrogens with two attached hydrogens (primary N) is 1. The molecule has 0 aliphatic heterocycles. The van der Waals surface area contributed by atoms with Gasteiger partial charge in [0.1, 0.15) is 5.82 Å². The van der Waals surface area contributed by atoms with Crippen LogP contribution in [0.15, 0.2) is 42.7 Å². The van der Waals surface area contributed by atoms with Gasteiger partial charge in [0.2, 0.25) is 0 Å². The number of rotatable bonds is 5. The molecule has 0 radical (unpaired) electrons. The Hall–Kier alpha value is -2.27. The van der Waals surface area contributed by atoms with Crippen LogP contribution in [0.2, 0.25) is 0 Å². The number of nitrogens with one attached hydrogen (secondary N) is 1. The predicted molar refractivity (Wildman–Crippen MR) is 84.0 cm³/mol. The Morgan fingerprint density at radius 2 is 1.86 bits per heavy atom. The number of carbonyl (C=O) groups excluding carboxylic acids is 1. The molecule has 22 heavy (non-hydrogen) atoms. The van der Waals surface area contributed by atoms with Crippen LogP contribution in [0, 0.1) is 5.82 Å². The van der Waals surface area contributed by atoms with Crippen molar-refractivity contribution in [3.8, 4) is 0 Å². The Bertz CT molecular complexity index is 641. The summed E-state index contributed by atoms with van der Waals surface area (Å²) in [5, 5.41) is 2.69. The van der Waals surface area contributed by atoms with E-state index >= 15 is 0 Å². The minimum atomic E-state index is -0.541. The van der Waals surface area contributed by atoms with Crippen molar-refractivity contribution in [3.63, 3.8) is 0 Å². The Kier molecular flexibility index (Phi) is 5.22. The largest absolute Gasteiger partial charge is 0.350 e. The maximum Gasteiger partial charge on any atom is 0.253 e. The molecule has 2 rings (SSSR count). The zero-order valence-corrected chi connectivity index (χ0v) is 12.7. The fourth-order valence-electron chi connectivity index (χ4n) is 2.09. The lowest BCUT2D eigenvalue weighted by Crippen LogP contribution is -2.32. The van der Waals surface area contributed by atoms with E-state index in [0.717, 1.165) is 17.8 Å². The minimum Gasteiger partial charge on any atom is -0.350 e. The summed E-state index contributed by atoms with van der Waals surface area (Å²) in [4.78, 5) is 15.6. The standard InChI is InChI=1S/C17H20FN3O/c1-11(2)12-3-5-13(6-4-12)16(19)10-21-17(22)14-7-15(18)9-20-8-14/h3-9,11,16H,10,19H2,1-2H3,(H,21,22). The summed E-state index contributed by atoms with van der Waals surface area (Å²) in [6.45, 7) is 4.53. The van der Waals surface area contributed by atoms with E-state index in [2.05, 4.69) is 24.1 Å². The number of hydrogen-bond acceptors (Lipinski definition) is 3. The summed E-state index contributed by atoms with van der Waals surface area (Å²) >= 11 is 0. The molecule has 1 atom stereocenters. The van der Waals surface area contributed by atoms with Crippen molar-refractivity contribution >= 4 is 5.91 Å². The highest BCUT2D eigenvalue weighted by atomic mass is 19.1. The Morgan fingerprint density at radius 3 is 2.45 bits per heavy atom. The molecule has 0 fully saturated rings. The van der Waals surface area contributed by atoms with Crippen molar-refractivity contribution in [2.45, 2.75) is 25.8 Å². The fourth-order valence-corrected chi connectivity index (χ4v) is 2.09. The first-order valence-electron chi connectivity index (χ1n) is 7.21. The number of halogens is 1. The minimum absolute atomic E-state index is 0.183. The molecule has 0 aliphatic rings. The van der Waals surface area contributed by atoms with Crippen molar-refractivity contribution in [1.82, 2.24) is 10.3 Å². The first-order valence-corrected chi connectivity index (χ1v) is 7.21. The van der Waals surface area contributed by atoms with Crippen LogP contribution in [-0.4, -0.2) is 17.4 Å². The van der Waals surface area contributed by atoms with Crippen LogP contribution in [0.1, 0.15) is 47.3 Å². The molecule has 1 aromatic carbocycles. The third kappa shape index (κ3) is 4.11. The van der Waals surface area contributed by atoms with Gasteiger partial charge in [0.05, 0.1) is 11.8 Å². The van der Waals surface area contributed by atoms with Crippen LogP contribution in [0.4, 0.5) is 4.39 Å². The Balaban J connectivity index is 1.94. The fraction of sp³-hybridized carbons (Fsp3) is 0.294. The summed E-state index contributed by atoms with van der Waals surface area (Å²) < 4.78 is 13.0. The lowest BCUT2D eigenvalue weighted by atomic mass is 9.99. The van der Waals surface area contributed by atoms with Gasteiger partial charge < -0.3 is 11.1 Å². The van der Waals surface area contributed by atoms with Gasteiger partial charge in [-0.1, -0.05) is 38.1 Å². The molecular formula is C17H20FN3O. The third-order valence-electron chi connectivity index (χ3n) is 3.48. The normalized spacial score (nSPS) is 12.2. The van der Waals surface area contributed by atoms with E-state index < -0.39 is 5.82 Å². The van der Waals surface area contributed by atoms with Crippen LogP contribution in [0.5, 0.6) is 0 Å². The van der Waals surface area contributed by atoms with Crippen molar-refractivity contribution in [1.29, 1.82) is 0 Å². The zero-order chi connectivity index (χ0) is 16.1. The molecule has 4 nitrogen and oxygen atoms in total. The molecular weight excluding hydrogens is 281 g/mol. The smallest absolute Gasteiger partial charge is 0.253 e. The first-order chi connectivity index (χ1) is 10.5. The molecule has 0 aliphatic carbocycles. The van der Waals surface area contributed by atoms with Crippen molar-refractivity contribution in [2.75, 3.05) is 6.54 Å². The van der Waals surface area contributed by atoms with Crippen LogP contribution < -0.4 is 11.1 Å². The number of amides is 1. The Morgan fingerprint density at radius 1 is 1.23 bits per heavy atom. The van der Waals surface area contributed by atoms with E-state index in [4.69, 9.17) is 5.73 Å². The highest BCUT2D eigenvalue weighted by Gasteiger charge is 2.11. The summed E-state index contributed by atoms with van der Waals surface area (Å²) in [6.07, 6.45) is 2.38. The first kappa shape index (κ1) is 16.1. The summed E-state index contributed by atoms with van der Waals surface area (Å²) in [7, 11) is 0. The van der Waals surface area contributed by atoms with Gasteiger partial charge in [-0.3, -0.25) is 9.78 Å². The molecule has 2 aromatic rings. The number of aromatic nitrogens is 1. The van der Waals surface area contributed by atoms with Gasteiger partial charge in [-0.15, -0.1) is 0 Å². The second-order valence-corrected chi connectivity index (χ2v) is 5.53. The summed E-state index contributed by atoms with van der Waals surface area (Å²) in [6, 6.07) is 8.85. The highest BCUT2D eigenvalue weighted by Crippen LogP contribution is 2.17. The molecule has 0 bridgehead atoms. The molecule has 116 valence electrons. The topological polar surface area (TPSA) is 68.0 Å². The second-order valence-electron chi connectivity index (χ2n) is 5.53. The van der Waals surface area contributed by atoms with Crippen LogP contribution in [-0.2, 0) is 0 Å². The van der Waals surface area contributed by atoms with Gasteiger partial charge in [-0.25, -0.2) is 4.39 Å².